The molecule has 0 saturated carbocycles. The summed E-state index contributed by atoms with van der Waals surface area (Å²) in [6, 6.07) is 6.57. The van der Waals surface area contributed by atoms with Crippen LogP contribution < -0.4 is 10.1 Å². The lowest BCUT2D eigenvalue weighted by Crippen LogP contribution is -2.66. The number of ether oxygens (including phenoxy) is 5. The largest absolute Gasteiger partial charge is 0.497 e. The number of aliphatic hydroxyl groups is 1. The van der Waals surface area contributed by atoms with Gasteiger partial charge in [-0.05, 0) is 12.1 Å². The summed E-state index contributed by atoms with van der Waals surface area (Å²) in [7, 11) is 3.05. The van der Waals surface area contributed by atoms with Gasteiger partial charge in [-0.1, -0.05) is 12.1 Å². The molecule has 2 aliphatic rings. The van der Waals surface area contributed by atoms with E-state index in [-0.39, 0.29) is 12.5 Å². The standard InChI is InChI=1S/C17H23NO7/c1-9(19)18-13-14(20)15-12(24-17(13)22-3)8-23-16(25-15)10-4-6-11(21-2)7-5-10/h4-7,12-17,20H,8H2,1-3H3,(H,18,19)/t12?,13-,14-,15-,16?,17+/m1/s1. The maximum Gasteiger partial charge on any atom is 0.217 e. The highest BCUT2D eigenvalue weighted by Gasteiger charge is 2.49. The summed E-state index contributed by atoms with van der Waals surface area (Å²) in [4.78, 5) is 11.4. The number of methoxy groups -OCH3 is 2. The zero-order chi connectivity index (χ0) is 18.0. The van der Waals surface area contributed by atoms with Crippen LogP contribution in [-0.2, 0) is 23.7 Å². The van der Waals surface area contributed by atoms with Crippen LogP contribution >= 0.6 is 0 Å². The van der Waals surface area contributed by atoms with Crippen LogP contribution in [0.1, 0.15) is 18.8 Å². The Bertz CT molecular complexity index is 593. The predicted octanol–water partition coefficient (Wildman–Crippen LogP) is 0.346. The van der Waals surface area contributed by atoms with Gasteiger partial charge < -0.3 is 34.1 Å². The van der Waals surface area contributed by atoms with Crippen LogP contribution in [0.15, 0.2) is 24.3 Å². The first-order chi connectivity index (χ1) is 12.0. The number of carbonyl (C=O) groups is 1. The molecule has 1 amide bonds. The van der Waals surface area contributed by atoms with Crippen molar-refractivity contribution >= 4 is 5.91 Å². The second kappa shape index (κ2) is 7.67. The van der Waals surface area contributed by atoms with Crippen LogP contribution in [-0.4, -0.2) is 62.5 Å². The average molecular weight is 353 g/mol. The molecule has 2 aliphatic heterocycles. The number of nitrogens with one attached hydrogen (secondary N) is 1. The summed E-state index contributed by atoms with van der Waals surface area (Å²) in [5.41, 5.74) is 0.802. The topological polar surface area (TPSA) is 95.5 Å². The van der Waals surface area contributed by atoms with Crippen molar-refractivity contribution in [3.8, 4) is 5.75 Å². The average Bonchev–Trinajstić information content (AvgIpc) is 2.63. The van der Waals surface area contributed by atoms with Crippen molar-refractivity contribution in [3.05, 3.63) is 29.8 Å². The van der Waals surface area contributed by atoms with Gasteiger partial charge in [0.25, 0.3) is 0 Å². The van der Waals surface area contributed by atoms with Crippen LogP contribution in [0.25, 0.3) is 0 Å². The lowest BCUT2D eigenvalue weighted by molar-refractivity contribution is -0.341. The SMILES string of the molecule is COc1ccc(C2OCC3O[C@H](OC)[C@H](NC(C)=O)[C@@H](O)[C@@H]3O2)cc1. The fourth-order valence-electron chi connectivity index (χ4n) is 3.11. The van der Waals surface area contributed by atoms with Crippen molar-refractivity contribution < 1.29 is 33.6 Å². The Morgan fingerprint density at radius 2 is 1.96 bits per heavy atom. The Balaban J connectivity index is 1.74. The number of amides is 1. The molecule has 138 valence electrons. The molecule has 25 heavy (non-hydrogen) atoms. The second-order valence-corrected chi connectivity index (χ2v) is 6.03. The summed E-state index contributed by atoms with van der Waals surface area (Å²) in [5.74, 6) is 0.444. The van der Waals surface area contributed by atoms with E-state index in [4.69, 9.17) is 23.7 Å². The summed E-state index contributed by atoms with van der Waals surface area (Å²) in [6.07, 6.45) is -3.53. The molecule has 8 heteroatoms. The lowest BCUT2D eigenvalue weighted by atomic mass is 9.95. The van der Waals surface area contributed by atoms with Gasteiger partial charge >= 0.3 is 0 Å². The highest BCUT2D eigenvalue weighted by molar-refractivity contribution is 5.73. The smallest absolute Gasteiger partial charge is 0.217 e. The van der Waals surface area contributed by atoms with Gasteiger partial charge in [-0.2, -0.15) is 0 Å². The molecule has 8 nitrogen and oxygen atoms in total. The van der Waals surface area contributed by atoms with E-state index in [1.165, 1.54) is 14.0 Å². The molecule has 0 spiro atoms. The number of hydrogen-bond donors (Lipinski definition) is 2. The number of aliphatic hydroxyl groups excluding tert-OH is 1. The summed E-state index contributed by atoms with van der Waals surface area (Å²) in [6.45, 7) is 1.61. The minimum atomic E-state index is -0.989. The quantitative estimate of drug-likeness (QED) is 0.806. The van der Waals surface area contributed by atoms with E-state index in [1.807, 2.05) is 24.3 Å². The minimum Gasteiger partial charge on any atom is -0.497 e. The van der Waals surface area contributed by atoms with Crippen LogP contribution in [0.3, 0.4) is 0 Å². The second-order valence-electron chi connectivity index (χ2n) is 6.03. The molecule has 2 N–H and O–H groups in total. The van der Waals surface area contributed by atoms with Gasteiger partial charge in [0, 0.05) is 19.6 Å². The Hall–Kier alpha value is -1.71. The van der Waals surface area contributed by atoms with E-state index in [0.29, 0.717) is 0 Å². The molecule has 0 bridgehead atoms. The monoisotopic (exact) mass is 353 g/mol. The summed E-state index contributed by atoms with van der Waals surface area (Å²) in [5, 5.41) is 13.3. The van der Waals surface area contributed by atoms with Crippen molar-refractivity contribution in [3.63, 3.8) is 0 Å². The minimum absolute atomic E-state index is 0.241. The van der Waals surface area contributed by atoms with Crippen LogP contribution in [0.2, 0.25) is 0 Å². The van der Waals surface area contributed by atoms with Crippen molar-refractivity contribution in [2.24, 2.45) is 0 Å². The number of rotatable bonds is 4. The van der Waals surface area contributed by atoms with Gasteiger partial charge in [-0.15, -0.1) is 0 Å². The van der Waals surface area contributed by atoms with Crippen molar-refractivity contribution in [1.29, 1.82) is 0 Å². The number of carbonyl (C=O) groups excluding carboxylic acids is 1. The fraction of sp³-hybridized carbons (Fsp3) is 0.588. The molecule has 3 rings (SSSR count). The number of fused-ring (bicyclic) bond motifs is 1. The Morgan fingerprint density at radius 1 is 1.24 bits per heavy atom. The highest BCUT2D eigenvalue weighted by Crippen LogP contribution is 2.34. The first-order valence-electron chi connectivity index (χ1n) is 8.08. The zero-order valence-corrected chi connectivity index (χ0v) is 14.4. The third-order valence-corrected chi connectivity index (χ3v) is 4.36. The molecule has 6 atom stereocenters. The molecular weight excluding hydrogens is 330 g/mol. The van der Waals surface area contributed by atoms with E-state index in [1.54, 1.807) is 7.11 Å². The maximum absolute atomic E-state index is 11.4. The fourth-order valence-corrected chi connectivity index (χ4v) is 3.11. The molecule has 0 radical (unpaired) electrons. The first kappa shape index (κ1) is 18.1. The Labute approximate surface area is 146 Å². The molecule has 1 aromatic carbocycles. The molecular formula is C17H23NO7. The van der Waals surface area contributed by atoms with Crippen LogP contribution in [0, 0.1) is 0 Å². The van der Waals surface area contributed by atoms with Crippen molar-refractivity contribution in [2.45, 2.75) is 43.9 Å². The van der Waals surface area contributed by atoms with Gasteiger partial charge in [0.15, 0.2) is 12.6 Å². The van der Waals surface area contributed by atoms with Gasteiger partial charge in [0.05, 0.1) is 13.7 Å². The Morgan fingerprint density at radius 3 is 2.56 bits per heavy atom. The zero-order valence-electron chi connectivity index (χ0n) is 14.4. The predicted molar refractivity (Wildman–Crippen MR) is 85.8 cm³/mol. The molecule has 1 aromatic rings. The van der Waals surface area contributed by atoms with Gasteiger partial charge in [0.1, 0.15) is 30.1 Å². The summed E-state index contributed by atoms with van der Waals surface area (Å²) < 4.78 is 27.8. The third-order valence-electron chi connectivity index (χ3n) is 4.36. The molecule has 2 fully saturated rings. The van der Waals surface area contributed by atoms with Gasteiger partial charge in [0.2, 0.25) is 5.91 Å². The molecule has 0 aliphatic carbocycles. The van der Waals surface area contributed by atoms with Crippen LogP contribution in [0.4, 0.5) is 0 Å². The number of hydrogen-bond acceptors (Lipinski definition) is 7. The van der Waals surface area contributed by atoms with Crippen molar-refractivity contribution in [1.82, 2.24) is 5.32 Å². The Kier molecular flexibility index (Phi) is 5.55. The van der Waals surface area contributed by atoms with E-state index < -0.39 is 36.9 Å². The maximum atomic E-state index is 11.4. The van der Waals surface area contributed by atoms with Gasteiger partial charge in [-0.3, -0.25) is 4.79 Å². The normalized spacial score (nSPS) is 34.9. The molecule has 2 saturated heterocycles. The van der Waals surface area contributed by atoms with Crippen LogP contribution in [0.5, 0.6) is 5.75 Å². The molecule has 0 aromatic heterocycles. The van der Waals surface area contributed by atoms with Gasteiger partial charge in [-0.25, -0.2) is 0 Å². The van der Waals surface area contributed by atoms with E-state index in [0.717, 1.165) is 11.3 Å². The number of benzene rings is 1. The van der Waals surface area contributed by atoms with E-state index >= 15 is 0 Å². The lowest BCUT2D eigenvalue weighted by Gasteiger charge is -2.47. The van der Waals surface area contributed by atoms with E-state index in [2.05, 4.69) is 5.32 Å². The summed E-state index contributed by atoms with van der Waals surface area (Å²) >= 11 is 0. The molecule has 2 unspecified atom stereocenters. The highest BCUT2D eigenvalue weighted by atomic mass is 16.7. The van der Waals surface area contributed by atoms with Crippen molar-refractivity contribution in [2.75, 3.05) is 20.8 Å². The molecule has 2 heterocycles. The van der Waals surface area contributed by atoms with E-state index in [9.17, 15) is 9.90 Å². The third kappa shape index (κ3) is 3.78. The first-order valence-corrected chi connectivity index (χ1v) is 8.08.